The molecular weight excluding hydrogens is 560 g/mol. The number of carbonyl (C=O) groups excluding carboxylic acids is 1. The van der Waals surface area contributed by atoms with Crippen LogP contribution in [0, 0.1) is 0 Å². The quantitative estimate of drug-likeness (QED) is 0.135. The summed E-state index contributed by atoms with van der Waals surface area (Å²) in [7, 11) is -2.08. The zero-order valence-corrected chi connectivity index (χ0v) is 25.2. The minimum absolute atomic E-state index is 0.146. The molecule has 0 atom stereocenters. The number of rotatable bonds is 13. The monoisotopic (exact) mass is 594 g/mol. The van der Waals surface area contributed by atoms with E-state index in [2.05, 4.69) is 10.1 Å². The largest absolute Gasteiger partial charge is 0.497 e. The molecule has 0 aliphatic heterocycles. The number of aromatic nitrogens is 1. The fourth-order valence-corrected chi connectivity index (χ4v) is 6.71. The molecule has 0 bridgehead atoms. The Kier molecular flexibility index (Phi) is 10.1. The maximum atomic E-state index is 13.8. The second-order valence-corrected chi connectivity index (χ2v) is 12.1. The molecule has 0 saturated heterocycles. The van der Waals surface area contributed by atoms with E-state index in [1.54, 1.807) is 19.4 Å². The van der Waals surface area contributed by atoms with Gasteiger partial charge >= 0.3 is 0 Å². The summed E-state index contributed by atoms with van der Waals surface area (Å²) in [6.07, 6.45) is 3.00. The third-order valence-electron chi connectivity index (χ3n) is 6.16. The average molecular weight is 595 g/mol. The van der Waals surface area contributed by atoms with Crippen molar-refractivity contribution in [1.29, 1.82) is 0 Å². The van der Waals surface area contributed by atoms with Crippen molar-refractivity contribution in [2.24, 2.45) is 5.10 Å². The molecule has 0 aliphatic carbocycles. The summed E-state index contributed by atoms with van der Waals surface area (Å²) in [5, 5.41) is 6.11. The first-order chi connectivity index (χ1) is 19.8. The van der Waals surface area contributed by atoms with Gasteiger partial charge in [0, 0.05) is 18.7 Å². The highest BCUT2D eigenvalue weighted by Gasteiger charge is 2.25. The van der Waals surface area contributed by atoms with E-state index in [4.69, 9.17) is 9.47 Å². The number of amides is 1. The zero-order valence-electron chi connectivity index (χ0n) is 23.6. The van der Waals surface area contributed by atoms with Crippen LogP contribution in [0.1, 0.15) is 49.5 Å². The second kappa shape index (κ2) is 13.7. The molecule has 0 unspecified atom stereocenters. The summed E-state index contributed by atoms with van der Waals surface area (Å²) in [5.41, 5.74) is 1.75. The Balaban J connectivity index is 1.68. The molecule has 1 aromatic heterocycles. The first-order valence-corrected chi connectivity index (χ1v) is 15.7. The van der Waals surface area contributed by atoms with Crippen molar-refractivity contribution < 1.29 is 22.7 Å². The number of thiazole rings is 1. The maximum absolute atomic E-state index is 13.8. The van der Waals surface area contributed by atoms with Gasteiger partial charge in [-0.15, -0.1) is 0 Å². The normalized spacial score (nSPS) is 11.8. The van der Waals surface area contributed by atoms with Gasteiger partial charge in [0.1, 0.15) is 11.5 Å². The lowest BCUT2D eigenvalue weighted by Crippen LogP contribution is -2.32. The van der Waals surface area contributed by atoms with Gasteiger partial charge in [0.05, 0.1) is 35.0 Å². The van der Waals surface area contributed by atoms with Gasteiger partial charge in [-0.3, -0.25) is 4.79 Å². The highest BCUT2D eigenvalue weighted by molar-refractivity contribution is 7.89. The summed E-state index contributed by atoms with van der Waals surface area (Å²) in [5.74, 6) is 0.978. The van der Waals surface area contributed by atoms with Gasteiger partial charge in [-0.25, -0.2) is 13.4 Å². The SMILES string of the molecule is CCCN(CCC)S(=O)(=O)c1ccc(C(=O)N(/N=C/c2ccc(OCC)cc2)c2nc3ccc(OC)cc3s2)cc1. The van der Waals surface area contributed by atoms with Crippen LogP contribution in [0.4, 0.5) is 5.13 Å². The van der Waals surface area contributed by atoms with Crippen LogP contribution >= 0.6 is 11.3 Å². The number of nitrogens with zero attached hydrogens (tertiary/aromatic N) is 4. The van der Waals surface area contributed by atoms with E-state index in [1.165, 1.54) is 44.9 Å². The first-order valence-electron chi connectivity index (χ1n) is 13.5. The van der Waals surface area contributed by atoms with Crippen LogP contribution in [0.3, 0.4) is 0 Å². The van der Waals surface area contributed by atoms with Crippen LogP contribution in [0.2, 0.25) is 0 Å². The van der Waals surface area contributed by atoms with Crippen LogP contribution in [0.25, 0.3) is 10.2 Å². The number of ether oxygens (including phenoxy) is 2. The highest BCUT2D eigenvalue weighted by Crippen LogP contribution is 2.32. The molecule has 0 aliphatic rings. The van der Waals surface area contributed by atoms with Crippen LogP contribution in [-0.4, -0.2) is 56.6 Å². The summed E-state index contributed by atoms with van der Waals surface area (Å²) in [6, 6.07) is 18.8. The van der Waals surface area contributed by atoms with Gasteiger partial charge in [-0.05, 0) is 92.1 Å². The van der Waals surface area contributed by atoms with Crippen LogP contribution in [-0.2, 0) is 10.0 Å². The lowest BCUT2D eigenvalue weighted by atomic mass is 10.2. The molecule has 0 fully saturated rings. The van der Waals surface area contributed by atoms with E-state index in [0.29, 0.717) is 48.9 Å². The number of benzene rings is 3. The lowest BCUT2D eigenvalue weighted by Gasteiger charge is -2.21. The number of hydrogen-bond acceptors (Lipinski definition) is 8. The third-order valence-corrected chi connectivity index (χ3v) is 9.06. The number of methoxy groups -OCH3 is 1. The van der Waals surface area contributed by atoms with Crippen molar-refractivity contribution in [3.8, 4) is 11.5 Å². The van der Waals surface area contributed by atoms with E-state index in [-0.39, 0.29) is 10.5 Å². The van der Waals surface area contributed by atoms with Gasteiger partial charge in [0.25, 0.3) is 5.91 Å². The van der Waals surface area contributed by atoms with Gasteiger partial charge in [-0.1, -0.05) is 25.2 Å². The van der Waals surface area contributed by atoms with E-state index in [9.17, 15) is 13.2 Å². The Labute approximate surface area is 245 Å². The molecule has 9 nitrogen and oxygen atoms in total. The summed E-state index contributed by atoms with van der Waals surface area (Å²) in [4.78, 5) is 18.6. The second-order valence-electron chi connectivity index (χ2n) is 9.12. The molecule has 0 saturated carbocycles. The Hall–Kier alpha value is -3.80. The molecule has 0 N–H and O–H groups in total. The molecule has 4 aromatic rings. The number of carbonyl (C=O) groups is 1. The number of hydrazone groups is 1. The van der Waals surface area contributed by atoms with Crippen molar-refractivity contribution in [3.05, 3.63) is 77.9 Å². The Morgan fingerprint density at radius 3 is 2.22 bits per heavy atom. The predicted molar refractivity (Wildman–Crippen MR) is 164 cm³/mol. The van der Waals surface area contributed by atoms with Crippen LogP contribution in [0.5, 0.6) is 11.5 Å². The average Bonchev–Trinajstić information content (AvgIpc) is 3.41. The van der Waals surface area contributed by atoms with Crippen LogP contribution in [0.15, 0.2) is 76.7 Å². The van der Waals surface area contributed by atoms with Gasteiger partial charge in [0.15, 0.2) is 0 Å². The molecule has 1 heterocycles. The van der Waals surface area contributed by atoms with E-state index >= 15 is 0 Å². The van der Waals surface area contributed by atoms with Crippen LogP contribution < -0.4 is 14.5 Å². The van der Waals surface area contributed by atoms with E-state index < -0.39 is 15.9 Å². The fraction of sp³-hybridized carbons (Fsp3) is 0.300. The number of hydrogen-bond donors (Lipinski definition) is 0. The minimum atomic E-state index is -3.67. The highest BCUT2D eigenvalue weighted by atomic mass is 32.2. The zero-order chi connectivity index (χ0) is 29.4. The predicted octanol–water partition coefficient (Wildman–Crippen LogP) is 6.20. The fourth-order valence-electron chi connectivity index (χ4n) is 4.13. The summed E-state index contributed by atoms with van der Waals surface area (Å²) in [6.45, 7) is 7.25. The van der Waals surface area contributed by atoms with E-state index in [0.717, 1.165) is 16.0 Å². The lowest BCUT2D eigenvalue weighted by molar-refractivity contribution is 0.0987. The topological polar surface area (TPSA) is 101 Å². The Morgan fingerprint density at radius 2 is 1.61 bits per heavy atom. The third kappa shape index (κ3) is 7.10. The molecule has 3 aromatic carbocycles. The van der Waals surface area contributed by atoms with Gasteiger partial charge < -0.3 is 9.47 Å². The van der Waals surface area contributed by atoms with Crippen molar-refractivity contribution in [3.63, 3.8) is 0 Å². The number of fused-ring (bicyclic) bond motifs is 1. The number of sulfonamides is 1. The molecule has 0 radical (unpaired) electrons. The van der Waals surface area contributed by atoms with Gasteiger partial charge in [0.2, 0.25) is 15.2 Å². The minimum Gasteiger partial charge on any atom is -0.497 e. The maximum Gasteiger partial charge on any atom is 0.280 e. The van der Waals surface area contributed by atoms with Crippen molar-refractivity contribution in [1.82, 2.24) is 9.29 Å². The smallest absolute Gasteiger partial charge is 0.280 e. The Morgan fingerprint density at radius 1 is 0.951 bits per heavy atom. The van der Waals surface area contributed by atoms with Crippen molar-refractivity contribution >= 4 is 48.8 Å². The molecule has 0 spiro atoms. The molecule has 41 heavy (non-hydrogen) atoms. The summed E-state index contributed by atoms with van der Waals surface area (Å²) < 4.78 is 39.6. The molecule has 11 heteroatoms. The summed E-state index contributed by atoms with van der Waals surface area (Å²) >= 11 is 1.30. The molecular formula is C30H34N4O5S2. The van der Waals surface area contributed by atoms with Crippen molar-refractivity contribution in [2.75, 3.05) is 31.8 Å². The number of anilines is 1. The standard InChI is InChI=1S/C30H34N4O5S2/c1-5-18-33(19-6-2)41(36,37)26-15-10-23(11-16-26)29(35)34(31-21-22-8-12-24(13-9-22)39-7-3)30-32-27-17-14-25(38-4)20-28(27)40-30/h8-17,20-21H,5-7,18-19H2,1-4H3/b31-21+. The molecule has 1 amide bonds. The molecule has 4 rings (SSSR count). The van der Waals surface area contributed by atoms with E-state index in [1.807, 2.05) is 57.2 Å². The first kappa shape index (κ1) is 30.2. The van der Waals surface area contributed by atoms with Crippen molar-refractivity contribution in [2.45, 2.75) is 38.5 Å². The Bertz CT molecular complexity index is 1590. The molecule has 216 valence electrons. The van der Waals surface area contributed by atoms with Gasteiger partial charge in [-0.2, -0.15) is 14.4 Å².